The lowest BCUT2D eigenvalue weighted by Gasteiger charge is -2.35. The normalized spacial score (nSPS) is 13.7. The van der Waals surface area contributed by atoms with E-state index in [1.807, 2.05) is 0 Å². The first-order valence-electron chi connectivity index (χ1n) is 5.40. The van der Waals surface area contributed by atoms with Crippen LogP contribution in [0.4, 0.5) is 26.3 Å². The van der Waals surface area contributed by atoms with Crippen molar-refractivity contribution in [3.8, 4) is 0 Å². The van der Waals surface area contributed by atoms with E-state index in [0.717, 1.165) is 18.2 Å². The van der Waals surface area contributed by atoms with Gasteiger partial charge >= 0.3 is 18.0 Å². The minimum Gasteiger partial charge on any atom is -0.238 e. The highest BCUT2D eigenvalue weighted by Gasteiger charge is 2.74. The Morgan fingerprint density at radius 1 is 0.850 bits per heavy atom. The standard InChI is InChI=1S/C12H12F6O2/c1-7-4-5-9(6-8(7)2)10(20-19-3,11(13,14)15)12(16,17)18/h4-6H,1-3H3. The zero-order chi connectivity index (χ0) is 15.8. The van der Waals surface area contributed by atoms with Crippen LogP contribution in [-0.2, 0) is 15.4 Å². The highest BCUT2D eigenvalue weighted by atomic mass is 19.4. The Bertz CT molecular complexity index is 464. The summed E-state index contributed by atoms with van der Waals surface area (Å²) >= 11 is 0. The SMILES string of the molecule is COOC(c1ccc(C)c(C)c1)(C(F)(F)F)C(F)(F)F. The molecule has 1 aromatic rings. The Balaban J connectivity index is 3.62. The summed E-state index contributed by atoms with van der Waals surface area (Å²) < 4.78 is 78.3. The molecule has 0 heterocycles. The van der Waals surface area contributed by atoms with Gasteiger partial charge in [0.25, 0.3) is 0 Å². The molecular formula is C12H12F6O2. The summed E-state index contributed by atoms with van der Waals surface area (Å²) in [5.41, 5.74) is -4.76. The van der Waals surface area contributed by atoms with Gasteiger partial charge in [0.05, 0.1) is 7.11 Å². The van der Waals surface area contributed by atoms with Crippen molar-refractivity contribution in [3.05, 3.63) is 34.9 Å². The van der Waals surface area contributed by atoms with Crippen LogP contribution >= 0.6 is 0 Å². The molecule has 1 rings (SSSR count). The average Bonchev–Trinajstić information content (AvgIpc) is 2.26. The lowest BCUT2D eigenvalue weighted by Crippen LogP contribution is -2.55. The molecule has 0 radical (unpaired) electrons. The van der Waals surface area contributed by atoms with Crippen molar-refractivity contribution in [2.24, 2.45) is 0 Å². The summed E-state index contributed by atoms with van der Waals surface area (Å²) in [5.74, 6) is 0. The highest BCUT2D eigenvalue weighted by molar-refractivity contribution is 5.35. The molecule has 0 unspecified atom stereocenters. The third-order valence-electron chi connectivity index (χ3n) is 2.92. The van der Waals surface area contributed by atoms with E-state index in [1.165, 1.54) is 6.92 Å². The van der Waals surface area contributed by atoms with Crippen molar-refractivity contribution in [3.63, 3.8) is 0 Å². The third-order valence-corrected chi connectivity index (χ3v) is 2.92. The molecule has 0 aliphatic rings. The molecule has 0 N–H and O–H groups in total. The Labute approximate surface area is 111 Å². The van der Waals surface area contributed by atoms with E-state index in [1.54, 1.807) is 6.92 Å². The predicted molar refractivity (Wildman–Crippen MR) is 57.8 cm³/mol. The number of benzene rings is 1. The molecule has 114 valence electrons. The van der Waals surface area contributed by atoms with Gasteiger partial charge in [-0.15, -0.1) is 0 Å². The molecular weight excluding hydrogens is 290 g/mol. The van der Waals surface area contributed by atoms with Gasteiger partial charge in [-0.05, 0) is 25.0 Å². The molecule has 1 aromatic carbocycles. The first kappa shape index (κ1) is 16.8. The largest absolute Gasteiger partial charge is 0.434 e. The fourth-order valence-electron chi connectivity index (χ4n) is 1.72. The summed E-state index contributed by atoms with van der Waals surface area (Å²) in [6.07, 6.45) is -11.5. The van der Waals surface area contributed by atoms with E-state index in [2.05, 4.69) is 9.78 Å². The summed E-state index contributed by atoms with van der Waals surface area (Å²) in [7, 11) is 0.591. The van der Waals surface area contributed by atoms with Crippen molar-refractivity contribution in [1.82, 2.24) is 0 Å². The summed E-state index contributed by atoms with van der Waals surface area (Å²) in [6, 6.07) is 2.67. The Morgan fingerprint density at radius 2 is 1.35 bits per heavy atom. The summed E-state index contributed by atoms with van der Waals surface area (Å²) in [5, 5.41) is 0. The molecule has 2 nitrogen and oxygen atoms in total. The molecule has 0 aliphatic carbocycles. The zero-order valence-electron chi connectivity index (χ0n) is 10.8. The van der Waals surface area contributed by atoms with Crippen molar-refractivity contribution >= 4 is 0 Å². The molecule has 0 aliphatic heterocycles. The molecule has 0 bridgehead atoms. The Morgan fingerprint density at radius 3 is 1.70 bits per heavy atom. The van der Waals surface area contributed by atoms with Gasteiger partial charge in [0.2, 0.25) is 0 Å². The maximum Gasteiger partial charge on any atom is 0.434 e. The van der Waals surface area contributed by atoms with Crippen LogP contribution in [-0.4, -0.2) is 19.5 Å². The zero-order valence-corrected chi connectivity index (χ0v) is 10.8. The number of aryl methyl sites for hydroxylation is 2. The fourth-order valence-corrected chi connectivity index (χ4v) is 1.72. The maximum absolute atomic E-state index is 13.1. The van der Waals surface area contributed by atoms with Crippen LogP contribution in [0.5, 0.6) is 0 Å². The van der Waals surface area contributed by atoms with Gasteiger partial charge in [-0.2, -0.15) is 26.3 Å². The number of hydrogen-bond acceptors (Lipinski definition) is 2. The smallest absolute Gasteiger partial charge is 0.238 e. The molecule has 0 fully saturated rings. The first-order valence-corrected chi connectivity index (χ1v) is 5.40. The molecule has 20 heavy (non-hydrogen) atoms. The van der Waals surface area contributed by atoms with Gasteiger partial charge in [0, 0.05) is 5.56 Å². The van der Waals surface area contributed by atoms with Crippen LogP contribution in [0, 0.1) is 13.8 Å². The minimum absolute atomic E-state index is 0.278. The molecule has 0 amide bonds. The second-order valence-electron chi connectivity index (χ2n) is 4.23. The van der Waals surface area contributed by atoms with E-state index in [-0.39, 0.29) is 5.56 Å². The van der Waals surface area contributed by atoms with Crippen molar-refractivity contribution in [2.75, 3.05) is 7.11 Å². The fraction of sp³-hybridized carbons (Fsp3) is 0.500. The van der Waals surface area contributed by atoms with Crippen molar-refractivity contribution < 1.29 is 36.1 Å². The lowest BCUT2D eigenvalue weighted by molar-refractivity contribution is -0.484. The van der Waals surface area contributed by atoms with Crippen LogP contribution in [0.1, 0.15) is 16.7 Å². The van der Waals surface area contributed by atoms with E-state index >= 15 is 0 Å². The average molecular weight is 302 g/mol. The maximum atomic E-state index is 13.1. The predicted octanol–water partition coefficient (Wildman–Crippen LogP) is 4.20. The summed E-state index contributed by atoms with van der Waals surface area (Å²) in [4.78, 5) is 7.43. The number of hydrogen-bond donors (Lipinski definition) is 0. The van der Waals surface area contributed by atoms with Crippen LogP contribution in [0.3, 0.4) is 0 Å². The van der Waals surface area contributed by atoms with E-state index in [9.17, 15) is 26.3 Å². The van der Waals surface area contributed by atoms with Gasteiger partial charge < -0.3 is 0 Å². The van der Waals surface area contributed by atoms with Crippen molar-refractivity contribution in [2.45, 2.75) is 31.8 Å². The molecule has 0 spiro atoms. The van der Waals surface area contributed by atoms with E-state index in [0.29, 0.717) is 12.7 Å². The molecule has 0 aromatic heterocycles. The Hall–Kier alpha value is -1.28. The lowest BCUT2D eigenvalue weighted by atomic mass is 9.90. The number of halogens is 6. The van der Waals surface area contributed by atoms with Gasteiger partial charge in [0.15, 0.2) is 0 Å². The van der Waals surface area contributed by atoms with Crippen LogP contribution < -0.4 is 0 Å². The second kappa shape index (κ2) is 5.25. The third kappa shape index (κ3) is 2.62. The first-order chi connectivity index (χ1) is 8.97. The van der Waals surface area contributed by atoms with E-state index in [4.69, 9.17) is 0 Å². The highest BCUT2D eigenvalue weighted by Crippen LogP contribution is 2.53. The van der Waals surface area contributed by atoms with Crippen LogP contribution in [0.15, 0.2) is 18.2 Å². The molecule has 0 saturated carbocycles. The van der Waals surface area contributed by atoms with Gasteiger partial charge in [-0.1, -0.05) is 18.2 Å². The molecule has 0 saturated heterocycles. The van der Waals surface area contributed by atoms with Crippen molar-refractivity contribution in [1.29, 1.82) is 0 Å². The quantitative estimate of drug-likeness (QED) is 0.473. The van der Waals surface area contributed by atoms with Gasteiger partial charge in [-0.3, -0.25) is 0 Å². The number of alkyl halides is 6. The van der Waals surface area contributed by atoms with Crippen LogP contribution in [0.25, 0.3) is 0 Å². The van der Waals surface area contributed by atoms with E-state index < -0.39 is 23.5 Å². The monoisotopic (exact) mass is 302 g/mol. The van der Waals surface area contributed by atoms with Crippen LogP contribution in [0.2, 0.25) is 0 Å². The Kier molecular flexibility index (Phi) is 4.40. The number of rotatable bonds is 3. The van der Waals surface area contributed by atoms with Gasteiger partial charge in [-0.25, -0.2) is 9.78 Å². The molecule has 8 heteroatoms. The topological polar surface area (TPSA) is 18.5 Å². The second-order valence-corrected chi connectivity index (χ2v) is 4.23. The van der Waals surface area contributed by atoms with Gasteiger partial charge in [0.1, 0.15) is 0 Å². The molecule has 0 atom stereocenters. The summed E-state index contributed by atoms with van der Waals surface area (Å²) in [6.45, 7) is 2.97. The minimum atomic E-state index is -5.73.